The summed E-state index contributed by atoms with van der Waals surface area (Å²) >= 11 is 0. The van der Waals surface area contributed by atoms with Crippen molar-refractivity contribution < 1.29 is 27.9 Å². The Morgan fingerprint density at radius 1 is 1.25 bits per heavy atom. The zero-order valence-electron chi connectivity index (χ0n) is 13.1. The fourth-order valence-corrected chi connectivity index (χ4v) is 2.80. The lowest BCUT2D eigenvalue weighted by atomic mass is 9.91. The number of benzene rings is 1. The van der Waals surface area contributed by atoms with E-state index in [9.17, 15) is 22.8 Å². The SMILES string of the molecule is CC1CC(C(=O)O)CN(C(=O)NCc2ccc(C(F)(F)F)cc2)C1. The van der Waals surface area contributed by atoms with E-state index in [1.807, 2.05) is 6.92 Å². The number of halogens is 3. The van der Waals surface area contributed by atoms with Crippen LogP contribution in [0.5, 0.6) is 0 Å². The predicted octanol–water partition coefficient (Wildman–Crippen LogP) is 2.96. The molecule has 1 aliphatic heterocycles. The number of carboxylic acid groups (broad SMARTS) is 1. The summed E-state index contributed by atoms with van der Waals surface area (Å²) in [5.74, 6) is -1.44. The Bertz CT molecular complexity index is 602. The first kappa shape index (κ1) is 18.1. The largest absolute Gasteiger partial charge is 0.481 e. The summed E-state index contributed by atoms with van der Waals surface area (Å²) in [4.78, 5) is 24.7. The van der Waals surface area contributed by atoms with E-state index in [0.29, 0.717) is 18.5 Å². The normalized spacial score (nSPS) is 21.4. The maximum atomic E-state index is 12.5. The first-order valence-corrected chi connectivity index (χ1v) is 7.58. The van der Waals surface area contributed by atoms with Crippen molar-refractivity contribution in [3.05, 3.63) is 35.4 Å². The number of likely N-dealkylation sites (tertiary alicyclic amines) is 1. The highest BCUT2D eigenvalue weighted by atomic mass is 19.4. The molecular weight excluding hydrogens is 325 g/mol. The molecule has 2 unspecified atom stereocenters. The highest BCUT2D eigenvalue weighted by molar-refractivity contribution is 5.76. The van der Waals surface area contributed by atoms with Crippen molar-refractivity contribution in [3.8, 4) is 0 Å². The van der Waals surface area contributed by atoms with Crippen molar-refractivity contribution in [1.82, 2.24) is 10.2 Å². The smallest absolute Gasteiger partial charge is 0.416 e. The monoisotopic (exact) mass is 344 g/mol. The Balaban J connectivity index is 1.91. The second-order valence-electron chi connectivity index (χ2n) is 6.13. The summed E-state index contributed by atoms with van der Waals surface area (Å²) in [5, 5.41) is 11.7. The first-order chi connectivity index (χ1) is 11.2. The number of carbonyl (C=O) groups is 2. The third kappa shape index (κ3) is 4.62. The minimum atomic E-state index is -4.39. The molecule has 1 saturated heterocycles. The molecule has 0 aliphatic carbocycles. The van der Waals surface area contributed by atoms with Crippen molar-refractivity contribution in [3.63, 3.8) is 0 Å². The standard InChI is InChI=1S/C16H19F3N2O3/c1-10-6-12(14(22)23)9-21(8-10)15(24)20-7-11-2-4-13(5-3-11)16(17,18)19/h2-5,10,12H,6-9H2,1H3,(H,20,24)(H,22,23). The van der Waals surface area contributed by atoms with Gasteiger partial charge in [-0.3, -0.25) is 4.79 Å². The lowest BCUT2D eigenvalue weighted by Crippen LogP contribution is -2.49. The third-order valence-corrected chi connectivity index (χ3v) is 4.02. The number of alkyl halides is 3. The van der Waals surface area contributed by atoms with Gasteiger partial charge in [0.2, 0.25) is 0 Å². The molecule has 8 heteroatoms. The molecule has 0 aromatic heterocycles. The van der Waals surface area contributed by atoms with Crippen LogP contribution in [0.1, 0.15) is 24.5 Å². The molecule has 0 radical (unpaired) electrons. The quantitative estimate of drug-likeness (QED) is 0.886. The van der Waals surface area contributed by atoms with Crippen LogP contribution in [0.15, 0.2) is 24.3 Å². The Kier molecular flexibility index (Phi) is 5.36. The summed E-state index contributed by atoms with van der Waals surface area (Å²) in [5.41, 5.74) is -0.206. The number of nitrogens with zero attached hydrogens (tertiary/aromatic N) is 1. The Hall–Kier alpha value is -2.25. The number of carboxylic acids is 1. The van der Waals surface area contributed by atoms with E-state index in [1.165, 1.54) is 17.0 Å². The molecule has 1 aromatic rings. The van der Waals surface area contributed by atoms with Crippen molar-refractivity contribution in [2.24, 2.45) is 11.8 Å². The van der Waals surface area contributed by atoms with Crippen LogP contribution in [0.3, 0.4) is 0 Å². The van der Waals surface area contributed by atoms with Gasteiger partial charge in [-0.15, -0.1) is 0 Å². The van der Waals surface area contributed by atoms with E-state index >= 15 is 0 Å². The van der Waals surface area contributed by atoms with Gasteiger partial charge >= 0.3 is 18.2 Å². The van der Waals surface area contributed by atoms with Crippen molar-refractivity contribution in [2.45, 2.75) is 26.1 Å². The molecule has 5 nitrogen and oxygen atoms in total. The predicted molar refractivity (Wildman–Crippen MR) is 80.2 cm³/mol. The molecule has 2 atom stereocenters. The number of hydrogen-bond donors (Lipinski definition) is 2. The van der Waals surface area contributed by atoms with Crippen molar-refractivity contribution in [1.29, 1.82) is 0 Å². The van der Waals surface area contributed by atoms with Crippen LogP contribution >= 0.6 is 0 Å². The van der Waals surface area contributed by atoms with Crippen molar-refractivity contribution in [2.75, 3.05) is 13.1 Å². The molecule has 132 valence electrons. The summed E-state index contributed by atoms with van der Waals surface area (Å²) in [6.45, 7) is 2.56. The zero-order chi connectivity index (χ0) is 17.9. The fourth-order valence-electron chi connectivity index (χ4n) is 2.80. The molecule has 24 heavy (non-hydrogen) atoms. The van der Waals surface area contributed by atoms with Gasteiger partial charge in [-0.2, -0.15) is 13.2 Å². The van der Waals surface area contributed by atoms with Gasteiger partial charge in [0.1, 0.15) is 0 Å². The molecule has 2 amide bonds. The minimum Gasteiger partial charge on any atom is -0.481 e. The molecule has 1 fully saturated rings. The molecule has 1 heterocycles. The van der Waals surface area contributed by atoms with E-state index in [2.05, 4.69) is 5.32 Å². The third-order valence-electron chi connectivity index (χ3n) is 4.02. The van der Waals surface area contributed by atoms with Gasteiger partial charge in [0.25, 0.3) is 0 Å². The molecule has 0 spiro atoms. The van der Waals surface area contributed by atoms with Gasteiger partial charge in [-0.25, -0.2) is 4.79 Å². The summed E-state index contributed by atoms with van der Waals surface area (Å²) in [6.07, 6.45) is -3.87. The van der Waals surface area contributed by atoms with Gasteiger partial charge < -0.3 is 15.3 Å². The van der Waals surface area contributed by atoms with Gasteiger partial charge in [0.05, 0.1) is 11.5 Å². The molecule has 2 N–H and O–H groups in total. The number of aliphatic carboxylic acids is 1. The summed E-state index contributed by atoms with van der Waals surface area (Å²) in [6, 6.07) is 4.13. The molecular formula is C16H19F3N2O3. The van der Waals surface area contributed by atoms with E-state index in [-0.39, 0.29) is 19.0 Å². The maximum absolute atomic E-state index is 12.5. The average molecular weight is 344 g/mol. The highest BCUT2D eigenvalue weighted by Gasteiger charge is 2.32. The minimum absolute atomic E-state index is 0.0802. The molecule has 1 aromatic carbocycles. The fraction of sp³-hybridized carbons (Fsp3) is 0.500. The second-order valence-corrected chi connectivity index (χ2v) is 6.13. The second kappa shape index (κ2) is 7.11. The van der Waals surface area contributed by atoms with Crippen molar-refractivity contribution >= 4 is 12.0 Å². The Morgan fingerprint density at radius 2 is 1.88 bits per heavy atom. The van der Waals surface area contributed by atoms with Crippen LogP contribution in [0, 0.1) is 11.8 Å². The Morgan fingerprint density at radius 3 is 2.42 bits per heavy atom. The first-order valence-electron chi connectivity index (χ1n) is 7.58. The summed E-state index contributed by atoms with van der Waals surface area (Å²) < 4.78 is 37.5. The van der Waals surface area contributed by atoms with E-state index in [4.69, 9.17) is 5.11 Å². The highest BCUT2D eigenvalue weighted by Crippen LogP contribution is 2.29. The average Bonchev–Trinajstić information content (AvgIpc) is 2.51. The number of urea groups is 1. The van der Waals surface area contributed by atoms with Crippen LogP contribution in [-0.2, 0) is 17.5 Å². The van der Waals surface area contributed by atoms with Gasteiger partial charge in [0, 0.05) is 19.6 Å². The lowest BCUT2D eigenvalue weighted by molar-refractivity contribution is -0.143. The lowest BCUT2D eigenvalue weighted by Gasteiger charge is -2.34. The maximum Gasteiger partial charge on any atom is 0.416 e. The van der Waals surface area contributed by atoms with Crippen LogP contribution < -0.4 is 5.32 Å². The van der Waals surface area contributed by atoms with E-state index in [1.54, 1.807) is 0 Å². The number of hydrogen-bond acceptors (Lipinski definition) is 2. The van der Waals surface area contributed by atoms with Crippen LogP contribution in [0.2, 0.25) is 0 Å². The van der Waals surface area contributed by atoms with Crippen LogP contribution in [-0.4, -0.2) is 35.1 Å². The zero-order valence-corrected chi connectivity index (χ0v) is 13.1. The number of amides is 2. The molecule has 1 aliphatic rings. The van der Waals surface area contributed by atoms with Crippen LogP contribution in [0.25, 0.3) is 0 Å². The topological polar surface area (TPSA) is 69.6 Å². The van der Waals surface area contributed by atoms with E-state index in [0.717, 1.165) is 12.1 Å². The summed E-state index contributed by atoms with van der Waals surface area (Å²) in [7, 11) is 0. The number of nitrogens with one attached hydrogen (secondary N) is 1. The molecule has 0 bridgehead atoms. The molecule has 0 saturated carbocycles. The van der Waals surface area contributed by atoms with Crippen LogP contribution in [0.4, 0.5) is 18.0 Å². The van der Waals surface area contributed by atoms with Gasteiger partial charge in [0.15, 0.2) is 0 Å². The number of rotatable bonds is 3. The molecule has 2 rings (SSSR count). The number of carbonyl (C=O) groups excluding carboxylic acids is 1. The number of piperidine rings is 1. The van der Waals surface area contributed by atoms with Gasteiger partial charge in [-0.1, -0.05) is 19.1 Å². The van der Waals surface area contributed by atoms with Gasteiger partial charge in [-0.05, 0) is 30.0 Å². The van der Waals surface area contributed by atoms with E-state index < -0.39 is 29.7 Å². The Labute approximate surface area is 137 Å².